The number of benzene rings is 2. The molecule has 8 heteroatoms. The Bertz CT molecular complexity index is 924. The molecule has 0 unspecified atom stereocenters. The van der Waals surface area contributed by atoms with E-state index in [0.29, 0.717) is 46.9 Å². The predicted octanol–water partition coefficient (Wildman–Crippen LogP) is 7.25. The molecule has 2 aromatic carbocycles. The van der Waals surface area contributed by atoms with E-state index >= 15 is 0 Å². The van der Waals surface area contributed by atoms with Gasteiger partial charge in [0.25, 0.3) is 0 Å². The van der Waals surface area contributed by atoms with Crippen LogP contribution < -0.4 is 18.9 Å². The molecule has 0 amide bonds. The largest absolute Gasteiger partial charge is 0.492 e. The maximum atomic E-state index is 6.22. The zero-order valence-electron chi connectivity index (χ0n) is 16.6. The fraction of sp³-hybridized carbons (Fsp3) is 0.364. The zero-order chi connectivity index (χ0) is 21.7. The lowest BCUT2D eigenvalue weighted by Gasteiger charge is -2.18. The van der Waals surface area contributed by atoms with Crippen molar-refractivity contribution in [3.8, 4) is 23.0 Å². The minimum absolute atomic E-state index is 0.153. The van der Waals surface area contributed by atoms with Crippen molar-refractivity contribution in [1.29, 1.82) is 0 Å². The Hall–Kier alpha value is -1.46. The van der Waals surface area contributed by atoms with Gasteiger partial charge in [-0.3, -0.25) is 0 Å². The minimum Gasteiger partial charge on any atom is -0.492 e. The molecule has 0 aliphatic carbocycles. The van der Waals surface area contributed by atoms with Crippen molar-refractivity contribution in [2.24, 2.45) is 0 Å². The number of hydrogen-bond acceptors (Lipinski definition) is 4. The third kappa shape index (κ3) is 6.52. The molecule has 2 aromatic rings. The summed E-state index contributed by atoms with van der Waals surface area (Å²) in [6.07, 6.45) is 3.00. The average Bonchev–Trinajstić information content (AvgIpc) is 2.97. The molecule has 3 rings (SSSR count). The van der Waals surface area contributed by atoms with Crippen molar-refractivity contribution >= 4 is 46.4 Å². The lowest BCUT2D eigenvalue weighted by Crippen LogP contribution is -2.24. The van der Waals surface area contributed by atoms with Crippen LogP contribution in [0.3, 0.4) is 0 Å². The van der Waals surface area contributed by atoms with Crippen molar-refractivity contribution < 1.29 is 18.9 Å². The summed E-state index contributed by atoms with van der Waals surface area (Å²) in [5.74, 6) is 2.56. The van der Waals surface area contributed by atoms with Crippen LogP contribution in [-0.4, -0.2) is 25.4 Å². The highest BCUT2D eigenvalue weighted by Gasteiger charge is 2.32. The van der Waals surface area contributed by atoms with Crippen LogP contribution in [0.5, 0.6) is 23.0 Å². The number of hydrogen-bond donors (Lipinski definition) is 0. The smallest absolute Gasteiger partial charge is 0.165 e. The van der Waals surface area contributed by atoms with E-state index < -0.39 is 0 Å². The number of ether oxygens (including phenoxy) is 4. The molecule has 162 valence electrons. The number of rotatable bonds is 9. The van der Waals surface area contributed by atoms with Crippen LogP contribution >= 0.6 is 46.4 Å². The first-order valence-electron chi connectivity index (χ1n) is 9.44. The number of halogens is 4. The molecular weight excluding hydrogens is 470 g/mol. The van der Waals surface area contributed by atoms with E-state index in [1.807, 2.05) is 19.9 Å². The molecule has 0 bridgehead atoms. The van der Waals surface area contributed by atoms with Gasteiger partial charge in [0.15, 0.2) is 11.5 Å². The van der Waals surface area contributed by atoms with Crippen LogP contribution in [0.15, 0.2) is 40.9 Å². The van der Waals surface area contributed by atoms with Gasteiger partial charge >= 0.3 is 0 Å². The van der Waals surface area contributed by atoms with Crippen LogP contribution in [0.1, 0.15) is 25.8 Å². The Morgan fingerprint density at radius 3 is 2.50 bits per heavy atom. The predicted molar refractivity (Wildman–Crippen MR) is 122 cm³/mol. The van der Waals surface area contributed by atoms with Gasteiger partial charge in [0.05, 0.1) is 18.2 Å². The fourth-order valence-electron chi connectivity index (χ4n) is 3.06. The highest BCUT2D eigenvalue weighted by atomic mass is 35.5. The molecule has 0 saturated carbocycles. The van der Waals surface area contributed by atoms with Crippen LogP contribution in [-0.2, 0) is 6.42 Å². The zero-order valence-corrected chi connectivity index (χ0v) is 19.7. The van der Waals surface area contributed by atoms with Crippen LogP contribution in [0.4, 0.5) is 0 Å². The van der Waals surface area contributed by atoms with Crippen molar-refractivity contribution in [3.63, 3.8) is 0 Å². The Morgan fingerprint density at radius 1 is 1.03 bits per heavy atom. The molecule has 4 nitrogen and oxygen atoms in total. The molecule has 0 aromatic heterocycles. The molecule has 1 aliphatic rings. The topological polar surface area (TPSA) is 36.9 Å². The van der Waals surface area contributed by atoms with Crippen molar-refractivity contribution in [2.75, 3.05) is 19.8 Å². The quantitative estimate of drug-likeness (QED) is 0.346. The molecule has 0 radical (unpaired) electrons. The first kappa shape index (κ1) is 23.2. The van der Waals surface area contributed by atoms with E-state index in [-0.39, 0.29) is 16.7 Å². The second-order valence-corrected chi connectivity index (χ2v) is 9.23. The van der Waals surface area contributed by atoms with E-state index in [1.165, 1.54) is 0 Å². The third-order valence-electron chi connectivity index (χ3n) is 4.29. The highest BCUT2D eigenvalue weighted by molar-refractivity contribution is 6.55. The summed E-state index contributed by atoms with van der Waals surface area (Å²) >= 11 is 23.6. The van der Waals surface area contributed by atoms with E-state index in [2.05, 4.69) is 0 Å². The SMILES string of the molecule is CC1(C)Cc2cc(Cl)cc(OCCCOc3cc(OCC=C(Cl)Cl)ccc3Cl)c2O1. The molecule has 0 spiro atoms. The normalized spacial score (nSPS) is 13.9. The second kappa shape index (κ2) is 10.2. The molecule has 1 heterocycles. The summed E-state index contributed by atoms with van der Waals surface area (Å²) in [4.78, 5) is 0. The Morgan fingerprint density at radius 2 is 1.77 bits per heavy atom. The molecule has 1 aliphatic heterocycles. The molecule has 0 fully saturated rings. The van der Waals surface area contributed by atoms with Crippen molar-refractivity contribution in [2.45, 2.75) is 32.3 Å². The van der Waals surface area contributed by atoms with E-state index in [0.717, 1.165) is 17.7 Å². The molecule has 0 N–H and O–H groups in total. The summed E-state index contributed by atoms with van der Waals surface area (Å²) in [6, 6.07) is 8.88. The average molecular weight is 492 g/mol. The second-order valence-electron chi connectivity index (χ2n) is 7.38. The fourth-order valence-corrected chi connectivity index (χ4v) is 3.59. The molecular formula is C22H22Cl4O4. The van der Waals surface area contributed by atoms with E-state index in [1.54, 1.807) is 30.3 Å². The maximum absolute atomic E-state index is 6.22. The summed E-state index contributed by atoms with van der Waals surface area (Å²) in [5, 5.41) is 1.13. The Kier molecular flexibility index (Phi) is 7.92. The molecule has 0 saturated heterocycles. The van der Waals surface area contributed by atoms with Crippen LogP contribution in [0.2, 0.25) is 10.0 Å². The molecule has 0 atom stereocenters. The lowest BCUT2D eigenvalue weighted by atomic mass is 10.0. The third-order valence-corrected chi connectivity index (χ3v) is 5.12. The molecule has 30 heavy (non-hydrogen) atoms. The standard InChI is InChI=1S/C22H22Cl4O4/c1-22(2)13-14-10-15(23)11-19(21(14)30-22)29-8-3-7-28-18-12-16(4-5-17(18)24)27-9-6-20(25)26/h4-6,10-12H,3,7-9,13H2,1-2H3. The maximum Gasteiger partial charge on any atom is 0.165 e. The van der Waals surface area contributed by atoms with Crippen molar-refractivity contribution in [1.82, 2.24) is 0 Å². The monoisotopic (exact) mass is 490 g/mol. The van der Waals surface area contributed by atoms with Gasteiger partial charge in [-0.15, -0.1) is 0 Å². The minimum atomic E-state index is -0.261. The van der Waals surface area contributed by atoms with Crippen molar-refractivity contribution in [3.05, 3.63) is 56.5 Å². The van der Waals surface area contributed by atoms with Gasteiger partial charge < -0.3 is 18.9 Å². The van der Waals surface area contributed by atoms with Crippen LogP contribution in [0, 0.1) is 0 Å². The lowest BCUT2D eigenvalue weighted by molar-refractivity contribution is 0.131. The highest BCUT2D eigenvalue weighted by Crippen LogP contribution is 2.43. The first-order chi connectivity index (χ1) is 14.2. The summed E-state index contributed by atoms with van der Waals surface area (Å²) in [6.45, 7) is 5.20. The van der Waals surface area contributed by atoms with Gasteiger partial charge in [0.1, 0.15) is 28.2 Å². The van der Waals surface area contributed by atoms with Crippen LogP contribution in [0.25, 0.3) is 0 Å². The summed E-state index contributed by atoms with van der Waals surface area (Å²) in [7, 11) is 0. The van der Waals surface area contributed by atoms with E-state index in [4.69, 9.17) is 65.4 Å². The van der Waals surface area contributed by atoms with Gasteiger partial charge in [0, 0.05) is 35.6 Å². The van der Waals surface area contributed by atoms with E-state index in [9.17, 15) is 0 Å². The van der Waals surface area contributed by atoms with Gasteiger partial charge in [-0.2, -0.15) is 0 Å². The van der Waals surface area contributed by atoms with Gasteiger partial charge in [-0.25, -0.2) is 0 Å². The Labute approximate surface area is 196 Å². The summed E-state index contributed by atoms with van der Waals surface area (Å²) < 4.78 is 23.4. The number of fused-ring (bicyclic) bond motifs is 1. The van der Waals surface area contributed by atoms with Gasteiger partial charge in [0.2, 0.25) is 0 Å². The van der Waals surface area contributed by atoms with Gasteiger partial charge in [-0.05, 0) is 38.1 Å². The first-order valence-corrected chi connectivity index (χ1v) is 11.0. The Balaban J connectivity index is 1.50. The van der Waals surface area contributed by atoms with Gasteiger partial charge in [-0.1, -0.05) is 46.4 Å². The summed E-state index contributed by atoms with van der Waals surface area (Å²) in [5.41, 5.74) is 0.802.